The number of nitrogen functional groups attached to an aromatic ring is 2. The Morgan fingerprint density at radius 1 is 1.00 bits per heavy atom. The zero-order valence-corrected chi connectivity index (χ0v) is 12.8. The van der Waals surface area contributed by atoms with Crippen molar-refractivity contribution in [3.05, 3.63) is 56.6 Å². The van der Waals surface area contributed by atoms with Crippen LogP contribution in [0.15, 0.2) is 36.4 Å². The molecule has 0 spiro atoms. The zero-order valence-electron chi connectivity index (χ0n) is 12.8. The summed E-state index contributed by atoms with van der Waals surface area (Å²) in [4.78, 5) is 19.5. The molecule has 10 nitrogen and oxygen atoms in total. The highest BCUT2D eigenvalue weighted by atomic mass is 16.6. The number of hydrogen-bond acceptors (Lipinski definition) is 8. The lowest BCUT2D eigenvalue weighted by Gasteiger charge is -2.02. The molecule has 2 rings (SSSR count). The molecule has 27 heavy (non-hydrogen) atoms. The summed E-state index contributed by atoms with van der Waals surface area (Å²) in [5, 5.41) is 29.5. The molecule has 0 atom stereocenters. The normalized spacial score (nSPS) is 8.56. The second-order valence-corrected chi connectivity index (χ2v) is 4.47. The van der Waals surface area contributed by atoms with E-state index in [-0.39, 0.29) is 50.0 Å². The number of phenolic OH excluding ortho intramolecular Hbond substituents is 1. The highest BCUT2D eigenvalue weighted by Crippen LogP contribution is 2.26. The first kappa shape index (κ1) is 25.2. The van der Waals surface area contributed by atoms with Crippen LogP contribution in [0.25, 0.3) is 0 Å². The highest BCUT2D eigenvalue weighted by molar-refractivity contribution is 5.61. The Labute approximate surface area is 156 Å². The van der Waals surface area contributed by atoms with E-state index in [0.717, 1.165) is 6.07 Å². The molecule has 0 bridgehead atoms. The fraction of sp³-hybridized carbons (Fsp3) is 0.176. The lowest BCUT2D eigenvalue weighted by molar-refractivity contribution is -0.384. The standard InChI is InChI=1S/C9H8N2O3.C6H6N2O3.2CH4/c1-2-5-14-7-3-4-8(10)9(6-7)11(12)13;7-5-2-1-4(9)3-6(5)8(10)11;;/h1,3-4,6H,5,10H2;1-3,9H,7H2;2*1H4. The maximum atomic E-state index is 10.5. The lowest BCUT2D eigenvalue weighted by atomic mass is 10.2. The van der Waals surface area contributed by atoms with E-state index in [2.05, 4.69) is 5.92 Å². The summed E-state index contributed by atoms with van der Waals surface area (Å²) >= 11 is 0. The first-order valence-electron chi connectivity index (χ1n) is 6.59. The van der Waals surface area contributed by atoms with Crippen LogP contribution in [0.2, 0.25) is 0 Å². The van der Waals surface area contributed by atoms with Gasteiger partial charge in [0.2, 0.25) is 0 Å². The van der Waals surface area contributed by atoms with Crippen LogP contribution in [0.1, 0.15) is 14.9 Å². The van der Waals surface area contributed by atoms with Crippen LogP contribution in [0.5, 0.6) is 11.5 Å². The molecule has 10 heteroatoms. The number of nitrogens with zero attached hydrogens (tertiary/aromatic N) is 2. The molecule has 0 radical (unpaired) electrons. The number of hydrogen-bond donors (Lipinski definition) is 3. The van der Waals surface area contributed by atoms with Gasteiger partial charge in [-0.3, -0.25) is 20.2 Å². The quantitative estimate of drug-likeness (QED) is 0.239. The van der Waals surface area contributed by atoms with Crippen LogP contribution in [-0.2, 0) is 0 Å². The minimum Gasteiger partial charge on any atom is -0.508 e. The van der Waals surface area contributed by atoms with Gasteiger partial charge in [-0.15, -0.1) is 6.42 Å². The summed E-state index contributed by atoms with van der Waals surface area (Å²) in [6.45, 7) is 0.0705. The van der Waals surface area contributed by atoms with Crippen LogP contribution in [0, 0.1) is 32.6 Å². The van der Waals surface area contributed by atoms with Crippen molar-refractivity contribution in [1.82, 2.24) is 0 Å². The van der Waals surface area contributed by atoms with E-state index in [1.165, 1.54) is 30.3 Å². The molecule has 0 aromatic heterocycles. The second kappa shape index (κ2) is 11.5. The molecule has 0 aliphatic carbocycles. The average molecular weight is 378 g/mol. The molecular weight excluding hydrogens is 356 g/mol. The topological polar surface area (TPSA) is 168 Å². The number of rotatable bonds is 4. The zero-order chi connectivity index (χ0) is 19.0. The molecule has 0 saturated carbocycles. The Hall–Kier alpha value is -4.00. The van der Waals surface area contributed by atoms with Gasteiger partial charge >= 0.3 is 0 Å². The Balaban J connectivity index is 0. The van der Waals surface area contributed by atoms with Gasteiger partial charge < -0.3 is 21.3 Å². The first-order valence-corrected chi connectivity index (χ1v) is 6.59. The molecule has 0 heterocycles. The van der Waals surface area contributed by atoms with E-state index in [0.29, 0.717) is 5.75 Å². The Bertz CT molecular complexity index is 833. The average Bonchev–Trinajstić information content (AvgIpc) is 2.56. The molecule has 0 aliphatic rings. The van der Waals surface area contributed by atoms with Gasteiger partial charge in [0.05, 0.1) is 22.0 Å². The maximum absolute atomic E-state index is 10.5. The molecule has 5 N–H and O–H groups in total. The predicted molar refractivity (Wildman–Crippen MR) is 104 cm³/mol. The van der Waals surface area contributed by atoms with E-state index >= 15 is 0 Å². The molecule has 0 saturated heterocycles. The molecular formula is C17H22N4O6. The van der Waals surface area contributed by atoms with Crippen molar-refractivity contribution < 1.29 is 19.7 Å². The number of benzene rings is 2. The molecule has 2 aromatic carbocycles. The summed E-state index contributed by atoms with van der Waals surface area (Å²) in [5.74, 6) is 2.43. The van der Waals surface area contributed by atoms with Crippen molar-refractivity contribution >= 4 is 22.7 Å². The Morgan fingerprint density at radius 3 is 1.93 bits per heavy atom. The van der Waals surface area contributed by atoms with Gasteiger partial charge in [-0.1, -0.05) is 20.8 Å². The van der Waals surface area contributed by atoms with Crippen LogP contribution in [0.3, 0.4) is 0 Å². The van der Waals surface area contributed by atoms with Gasteiger partial charge in [0.15, 0.2) is 0 Å². The number of aromatic hydroxyl groups is 1. The second-order valence-electron chi connectivity index (χ2n) is 4.47. The summed E-state index contributed by atoms with van der Waals surface area (Å²) in [7, 11) is 0. The fourth-order valence-electron chi connectivity index (χ4n) is 1.59. The SMILES string of the molecule is C.C.C#CCOc1ccc(N)c([N+](=O)[O-])c1.Nc1ccc(O)cc1[N+](=O)[O-]. The summed E-state index contributed by atoms with van der Waals surface area (Å²) < 4.78 is 5.00. The molecule has 2 aromatic rings. The summed E-state index contributed by atoms with van der Waals surface area (Å²) in [5.41, 5.74) is 10.3. The van der Waals surface area contributed by atoms with Crippen molar-refractivity contribution in [2.75, 3.05) is 18.1 Å². The summed E-state index contributed by atoms with van der Waals surface area (Å²) in [6, 6.07) is 7.77. The number of phenols is 1. The van der Waals surface area contributed by atoms with Crippen molar-refractivity contribution in [3.63, 3.8) is 0 Å². The van der Waals surface area contributed by atoms with Crippen LogP contribution in [0.4, 0.5) is 22.7 Å². The van der Waals surface area contributed by atoms with Crippen molar-refractivity contribution in [2.24, 2.45) is 0 Å². The smallest absolute Gasteiger partial charge is 0.295 e. The van der Waals surface area contributed by atoms with Gasteiger partial charge in [0, 0.05) is 0 Å². The molecule has 0 unspecified atom stereocenters. The number of nitro groups is 2. The third-order valence-corrected chi connectivity index (χ3v) is 2.73. The van der Waals surface area contributed by atoms with Crippen LogP contribution in [-0.4, -0.2) is 21.6 Å². The van der Waals surface area contributed by atoms with E-state index in [9.17, 15) is 20.2 Å². The molecule has 0 aliphatic heterocycles. The fourth-order valence-corrected chi connectivity index (χ4v) is 1.59. The van der Waals surface area contributed by atoms with Crippen LogP contribution < -0.4 is 16.2 Å². The minimum atomic E-state index is -0.644. The largest absolute Gasteiger partial charge is 0.508 e. The number of terminal acetylenes is 1. The Morgan fingerprint density at radius 2 is 1.48 bits per heavy atom. The minimum absolute atomic E-state index is 0. The monoisotopic (exact) mass is 378 g/mol. The highest BCUT2D eigenvalue weighted by Gasteiger charge is 2.12. The maximum Gasteiger partial charge on any atom is 0.295 e. The van der Waals surface area contributed by atoms with E-state index in [4.69, 9.17) is 27.7 Å². The number of ether oxygens (including phenoxy) is 1. The van der Waals surface area contributed by atoms with E-state index < -0.39 is 9.85 Å². The molecule has 0 fully saturated rings. The van der Waals surface area contributed by atoms with Gasteiger partial charge in [-0.25, -0.2) is 0 Å². The van der Waals surface area contributed by atoms with Gasteiger partial charge in [-0.05, 0) is 24.3 Å². The number of nitrogens with two attached hydrogens (primary N) is 2. The van der Waals surface area contributed by atoms with Gasteiger partial charge in [0.25, 0.3) is 11.4 Å². The van der Waals surface area contributed by atoms with Gasteiger partial charge in [0.1, 0.15) is 29.5 Å². The molecule has 146 valence electrons. The number of nitro benzene ring substituents is 2. The van der Waals surface area contributed by atoms with E-state index in [1.807, 2.05) is 0 Å². The van der Waals surface area contributed by atoms with Crippen LogP contribution >= 0.6 is 0 Å². The Kier molecular flexibility index (Phi) is 10.8. The number of anilines is 2. The third-order valence-electron chi connectivity index (χ3n) is 2.73. The van der Waals surface area contributed by atoms with E-state index in [1.54, 1.807) is 0 Å². The van der Waals surface area contributed by atoms with Crippen molar-refractivity contribution in [2.45, 2.75) is 14.9 Å². The van der Waals surface area contributed by atoms with Crippen molar-refractivity contribution in [1.29, 1.82) is 0 Å². The third kappa shape index (κ3) is 7.61. The lowest BCUT2D eigenvalue weighted by Crippen LogP contribution is -1.98. The first-order chi connectivity index (χ1) is 11.8. The molecule has 0 amide bonds. The van der Waals surface area contributed by atoms with Gasteiger partial charge in [-0.2, -0.15) is 0 Å². The summed E-state index contributed by atoms with van der Waals surface area (Å²) in [6.07, 6.45) is 4.97. The van der Waals surface area contributed by atoms with Crippen molar-refractivity contribution in [3.8, 4) is 23.8 Å². The predicted octanol–water partition coefficient (Wildman–Crippen LogP) is 3.34.